The molecule has 2 N–H and O–H groups in total. The van der Waals surface area contributed by atoms with E-state index in [0.717, 1.165) is 28.3 Å². The van der Waals surface area contributed by atoms with Crippen molar-refractivity contribution in [3.63, 3.8) is 0 Å². The number of ether oxygens (including phenoxy) is 2. The van der Waals surface area contributed by atoms with Gasteiger partial charge in [-0.1, -0.05) is 84.0 Å². The first-order valence-corrected chi connectivity index (χ1v) is 17.0. The predicted octanol–water partition coefficient (Wildman–Crippen LogP) is 8.06. The second-order valence-corrected chi connectivity index (χ2v) is 12.4. The van der Waals surface area contributed by atoms with Gasteiger partial charge in [0.15, 0.2) is 11.6 Å². The van der Waals surface area contributed by atoms with E-state index < -0.39 is 29.2 Å². The lowest BCUT2D eigenvalue weighted by Gasteiger charge is -2.31. The third-order valence-corrected chi connectivity index (χ3v) is 8.85. The number of rotatable bonds is 15. The molecule has 52 heavy (non-hydrogen) atoms. The lowest BCUT2D eigenvalue weighted by Crippen LogP contribution is -2.50. The van der Waals surface area contributed by atoms with Gasteiger partial charge < -0.3 is 19.9 Å². The molecular weight excluding hydrogens is 664 g/mol. The van der Waals surface area contributed by atoms with Crippen molar-refractivity contribution in [3.8, 4) is 16.9 Å². The second-order valence-electron chi connectivity index (χ2n) is 12.4. The predicted molar refractivity (Wildman–Crippen MR) is 195 cm³/mol. The van der Waals surface area contributed by atoms with Gasteiger partial charge in [0, 0.05) is 42.5 Å². The third kappa shape index (κ3) is 8.46. The van der Waals surface area contributed by atoms with Gasteiger partial charge in [-0.15, -0.1) is 0 Å². The molecule has 0 spiro atoms. The van der Waals surface area contributed by atoms with E-state index in [0.29, 0.717) is 35.5 Å². The number of carbonyl (C=O) groups is 1. The van der Waals surface area contributed by atoms with E-state index in [4.69, 9.17) is 25.1 Å². The number of aliphatic imine (C=N–C) groups is 1. The second kappa shape index (κ2) is 16.8. The lowest BCUT2D eigenvalue weighted by molar-refractivity contribution is -0.128. The Morgan fingerprint density at radius 2 is 1.54 bits per heavy atom. The van der Waals surface area contributed by atoms with Crippen LogP contribution in [0.1, 0.15) is 40.3 Å². The summed E-state index contributed by atoms with van der Waals surface area (Å²) in [5, 5.41) is 15.9. The van der Waals surface area contributed by atoms with Crippen molar-refractivity contribution in [2.75, 3.05) is 19.8 Å². The van der Waals surface area contributed by atoms with E-state index >= 15 is 0 Å². The number of aliphatic hydroxyl groups excluding tert-OH is 1. The molecule has 5 aromatic carbocycles. The maximum absolute atomic E-state index is 14.7. The molecule has 264 valence electrons. The summed E-state index contributed by atoms with van der Waals surface area (Å²) in [7, 11) is 0. The van der Waals surface area contributed by atoms with Gasteiger partial charge in [-0.3, -0.25) is 4.79 Å². The quantitative estimate of drug-likeness (QED) is 0.0495. The van der Waals surface area contributed by atoms with Crippen LogP contribution in [0.5, 0.6) is 5.75 Å². The van der Waals surface area contributed by atoms with Crippen LogP contribution in [-0.2, 0) is 28.9 Å². The minimum Gasteiger partial charge on any atom is -0.494 e. The molecule has 1 aliphatic rings. The molecule has 0 saturated carbocycles. The minimum absolute atomic E-state index is 0.0196. The van der Waals surface area contributed by atoms with Gasteiger partial charge >= 0.3 is 0 Å². The van der Waals surface area contributed by atoms with Gasteiger partial charge in [0.05, 0.1) is 13.2 Å². The summed E-state index contributed by atoms with van der Waals surface area (Å²) in [5.41, 5.74) is 12.7. The summed E-state index contributed by atoms with van der Waals surface area (Å²) >= 11 is 0. The largest absolute Gasteiger partial charge is 0.494 e. The number of aliphatic hydroxyl groups is 1. The molecule has 0 radical (unpaired) electrons. The molecule has 1 heterocycles. The van der Waals surface area contributed by atoms with Crippen molar-refractivity contribution < 1.29 is 28.2 Å². The summed E-state index contributed by atoms with van der Waals surface area (Å²) < 4.78 is 40.3. The normalized spacial score (nSPS) is 16.4. The van der Waals surface area contributed by atoms with Crippen LogP contribution in [0.3, 0.4) is 0 Å². The molecule has 0 fully saturated rings. The molecule has 0 unspecified atom stereocenters. The Morgan fingerprint density at radius 3 is 2.23 bits per heavy atom. The van der Waals surface area contributed by atoms with Gasteiger partial charge in [0.2, 0.25) is 5.90 Å². The molecule has 0 bridgehead atoms. The van der Waals surface area contributed by atoms with Crippen molar-refractivity contribution in [3.05, 3.63) is 171 Å². The average molecular weight is 702 g/mol. The smallest absolute Gasteiger partial charge is 0.252 e. The maximum Gasteiger partial charge on any atom is 0.252 e. The van der Waals surface area contributed by atoms with Crippen LogP contribution >= 0.6 is 0 Å². The number of benzene rings is 5. The monoisotopic (exact) mass is 701 g/mol. The Kier molecular flexibility index (Phi) is 11.6. The molecule has 0 aromatic heterocycles. The zero-order valence-electron chi connectivity index (χ0n) is 28.3. The van der Waals surface area contributed by atoms with Gasteiger partial charge in [-0.25, -0.2) is 13.8 Å². The molecule has 0 saturated heterocycles. The zero-order valence-corrected chi connectivity index (χ0v) is 28.3. The Morgan fingerprint density at radius 1 is 0.885 bits per heavy atom. The number of carbonyl (C=O) groups excluding carboxylic acids is 1. The highest BCUT2D eigenvalue weighted by molar-refractivity contribution is 6.01. The highest BCUT2D eigenvalue weighted by Crippen LogP contribution is 2.43. The van der Waals surface area contributed by atoms with Gasteiger partial charge in [0.25, 0.3) is 5.91 Å². The first kappa shape index (κ1) is 35.8. The van der Waals surface area contributed by atoms with E-state index in [-0.39, 0.29) is 38.4 Å². The molecule has 0 aliphatic carbocycles. The summed E-state index contributed by atoms with van der Waals surface area (Å²) in [6, 6.07) is 35.5. The van der Waals surface area contributed by atoms with Crippen LogP contribution in [0.15, 0.2) is 131 Å². The van der Waals surface area contributed by atoms with Crippen LogP contribution in [0, 0.1) is 11.6 Å². The molecule has 5 aromatic rings. The highest BCUT2D eigenvalue weighted by Gasteiger charge is 2.53. The number of hydrogen-bond acceptors (Lipinski definition) is 6. The topological polar surface area (TPSA) is 129 Å². The van der Waals surface area contributed by atoms with Gasteiger partial charge in [-0.2, -0.15) is 0 Å². The molecule has 1 amide bonds. The van der Waals surface area contributed by atoms with Crippen LogP contribution in [0.25, 0.3) is 21.6 Å². The Balaban J connectivity index is 1.41. The summed E-state index contributed by atoms with van der Waals surface area (Å²) in [5.74, 6) is -0.991. The third-order valence-electron chi connectivity index (χ3n) is 8.85. The number of halogens is 2. The van der Waals surface area contributed by atoms with Crippen LogP contribution in [0.4, 0.5) is 8.78 Å². The van der Waals surface area contributed by atoms with Crippen molar-refractivity contribution in [1.29, 1.82) is 0 Å². The van der Waals surface area contributed by atoms with Crippen LogP contribution in [0.2, 0.25) is 0 Å². The molecule has 11 heteroatoms. The van der Waals surface area contributed by atoms with E-state index in [1.165, 1.54) is 12.1 Å². The first-order chi connectivity index (χ1) is 25.4. The maximum atomic E-state index is 14.7. The number of hydrogen-bond donors (Lipinski definition) is 2. The van der Waals surface area contributed by atoms with E-state index in [1.54, 1.807) is 24.3 Å². The van der Waals surface area contributed by atoms with Crippen molar-refractivity contribution in [2.45, 2.75) is 37.5 Å². The van der Waals surface area contributed by atoms with Gasteiger partial charge in [0.1, 0.15) is 17.4 Å². The lowest BCUT2D eigenvalue weighted by atomic mass is 9.80. The Hall–Kier alpha value is -6.03. The molecular formula is C41H37F2N5O4. The minimum atomic E-state index is -1.56. The van der Waals surface area contributed by atoms with E-state index in [9.17, 15) is 13.6 Å². The highest BCUT2D eigenvalue weighted by atomic mass is 19.1. The number of nitrogens with one attached hydrogen (secondary N) is 1. The van der Waals surface area contributed by atoms with E-state index in [2.05, 4.69) is 15.3 Å². The zero-order chi connectivity index (χ0) is 36.3. The van der Waals surface area contributed by atoms with Crippen LogP contribution < -0.4 is 10.1 Å². The fourth-order valence-corrected chi connectivity index (χ4v) is 6.27. The molecule has 9 nitrogen and oxygen atoms in total. The summed E-state index contributed by atoms with van der Waals surface area (Å²) in [6.07, 6.45) is -0.140. The van der Waals surface area contributed by atoms with E-state index in [1.807, 2.05) is 78.9 Å². The SMILES string of the molecule is [N-]=[N+]=NCc1ccccc1C[C@@]1(C(=O)NCCc2cc(F)cc(F)c2)N=C(c2ccc(OCCCO)cc2)O[C@@H]1c1ccc(-c2ccccc2)cc1. The Bertz CT molecular complexity index is 2050. The molecule has 6 rings (SSSR count). The number of amides is 1. The average Bonchev–Trinajstić information content (AvgIpc) is 3.55. The fraction of sp³-hybridized carbons (Fsp3) is 0.220. The van der Waals surface area contributed by atoms with Crippen LogP contribution in [-0.4, -0.2) is 42.2 Å². The first-order valence-electron chi connectivity index (χ1n) is 17.0. The van der Waals surface area contributed by atoms with Crippen molar-refractivity contribution in [1.82, 2.24) is 5.32 Å². The summed E-state index contributed by atoms with van der Waals surface area (Å²) in [6.45, 7) is 0.524. The number of azide groups is 1. The Labute approximate surface area is 300 Å². The number of nitrogens with zero attached hydrogens (tertiary/aromatic N) is 4. The van der Waals surface area contributed by atoms with Gasteiger partial charge in [-0.05, 0) is 81.7 Å². The summed E-state index contributed by atoms with van der Waals surface area (Å²) in [4.78, 5) is 22.7. The van der Waals surface area contributed by atoms with Crippen molar-refractivity contribution in [2.24, 2.45) is 10.1 Å². The molecule has 1 aliphatic heterocycles. The standard InChI is InChI=1S/C41H37F2N5O4/c42-35-23-28(24-36(43)25-35)19-20-45-40(50)41(26-33-9-4-5-10-34(33)27-46-48-44)38(31-13-11-30(12-14-31)29-7-2-1-3-8-29)52-39(47-41)32-15-17-37(18-16-32)51-22-6-21-49/h1-5,7-18,23-25,38,49H,6,19-22,26-27H2,(H,45,50)/t38-,41-/m1/s1. The molecule has 2 atom stereocenters. The fourth-order valence-electron chi connectivity index (χ4n) is 6.27. The van der Waals surface area contributed by atoms with Crippen molar-refractivity contribution >= 4 is 11.8 Å².